The topological polar surface area (TPSA) is 43.1 Å². The molecule has 7 heteroatoms. The van der Waals surface area contributed by atoms with E-state index in [1.54, 1.807) is 0 Å². The van der Waals surface area contributed by atoms with Gasteiger partial charge >= 0.3 is 252 Å². The SMILES string of the molecule is [Se]=P(c1ccccc1)(c1ccccc1)c1cccc2c1c1ccccc1n1c3ccc(P(c4ccc5ccccc5c4)c4ncc5ccccc5n4)cc3nc21. The molecule has 11 aromatic rings. The minimum atomic E-state index is -2.19. The van der Waals surface area contributed by atoms with Crippen molar-refractivity contribution in [3.05, 3.63) is 194 Å². The van der Waals surface area contributed by atoms with Crippen LogP contribution >= 0.6 is 13.4 Å². The summed E-state index contributed by atoms with van der Waals surface area (Å²) in [4.78, 5) is 15.7. The Morgan fingerprint density at radius 2 is 1.12 bits per heavy atom. The summed E-state index contributed by atoms with van der Waals surface area (Å²) in [6.07, 6.45) is 1.96. The maximum absolute atomic E-state index is 5.53. The minimum absolute atomic E-state index is 0.832. The third-order valence-electron chi connectivity index (χ3n) is 10.8. The van der Waals surface area contributed by atoms with Crippen molar-refractivity contribution >= 4 is 121 Å². The monoisotopic (exact) mass is 818 g/mol. The van der Waals surface area contributed by atoms with E-state index in [1.807, 2.05) is 18.3 Å². The van der Waals surface area contributed by atoms with E-state index >= 15 is 0 Å². The van der Waals surface area contributed by atoms with E-state index in [9.17, 15) is 0 Å². The molecule has 264 valence electrons. The molecule has 3 aromatic heterocycles. The van der Waals surface area contributed by atoms with Crippen LogP contribution in [0, 0.1) is 0 Å². The van der Waals surface area contributed by atoms with E-state index in [0.29, 0.717) is 0 Å². The van der Waals surface area contributed by atoms with Crippen LogP contribution in [0.15, 0.2) is 194 Å². The van der Waals surface area contributed by atoms with E-state index < -0.39 is 13.4 Å². The number of rotatable bonds is 6. The van der Waals surface area contributed by atoms with Gasteiger partial charge in [-0.05, 0) is 16.8 Å². The maximum atomic E-state index is 5.53. The molecule has 0 saturated heterocycles. The van der Waals surface area contributed by atoms with Crippen LogP contribution in [0.2, 0.25) is 0 Å². The quantitative estimate of drug-likeness (QED) is 0.0957. The van der Waals surface area contributed by atoms with E-state index in [-0.39, 0.29) is 0 Å². The number of aromatic nitrogens is 4. The number of nitrogens with zero attached hydrogens (tertiary/aromatic N) is 4. The molecular weight excluding hydrogens is 785 g/mol. The van der Waals surface area contributed by atoms with E-state index in [4.69, 9.17) is 15.0 Å². The Hall–Kier alpha value is -5.79. The Balaban J connectivity index is 1.18. The number of para-hydroxylation sites is 2. The predicted octanol–water partition coefficient (Wildman–Crippen LogP) is 9.03. The third-order valence-corrected chi connectivity index (χ3v) is 20.0. The fraction of sp³-hybridized carbons (Fsp3) is 0. The van der Waals surface area contributed by atoms with Gasteiger partial charge in [0.15, 0.2) is 0 Å². The summed E-state index contributed by atoms with van der Waals surface area (Å²) < 4.78 is 2.36. The summed E-state index contributed by atoms with van der Waals surface area (Å²) in [7, 11) is -1.11. The van der Waals surface area contributed by atoms with Gasteiger partial charge in [0.2, 0.25) is 0 Å². The van der Waals surface area contributed by atoms with Crippen molar-refractivity contribution in [1.82, 2.24) is 19.4 Å². The van der Waals surface area contributed by atoms with Crippen LogP contribution in [-0.2, 0) is 0 Å². The van der Waals surface area contributed by atoms with Crippen LogP contribution in [0.5, 0.6) is 0 Å². The Morgan fingerprint density at radius 3 is 1.93 bits per heavy atom. The first-order valence-corrected chi connectivity index (χ1v) is 24.0. The van der Waals surface area contributed by atoms with Gasteiger partial charge in [0.05, 0.1) is 5.52 Å². The van der Waals surface area contributed by atoms with Gasteiger partial charge in [-0.15, -0.1) is 0 Å². The molecule has 0 aliphatic rings. The number of imidazole rings is 1. The molecule has 0 fully saturated rings. The van der Waals surface area contributed by atoms with Gasteiger partial charge in [-0.25, -0.2) is 0 Å². The van der Waals surface area contributed by atoms with Gasteiger partial charge in [0, 0.05) is 11.6 Å². The van der Waals surface area contributed by atoms with Crippen LogP contribution in [0.1, 0.15) is 0 Å². The summed E-state index contributed by atoms with van der Waals surface area (Å²) in [6.45, 7) is 0. The average molecular weight is 818 g/mol. The zero-order chi connectivity index (χ0) is 37.2. The fourth-order valence-corrected chi connectivity index (χ4v) is 15.7. The molecule has 0 spiro atoms. The molecule has 0 bridgehead atoms. The number of fused-ring (bicyclic) bond motifs is 10. The molecule has 0 N–H and O–H groups in total. The summed E-state index contributed by atoms with van der Waals surface area (Å²) in [6, 6.07) is 67.9. The first kappa shape index (κ1) is 33.5. The Kier molecular flexibility index (Phi) is 8.06. The van der Waals surface area contributed by atoms with Crippen LogP contribution in [-0.4, -0.2) is 34.5 Å². The second-order valence-corrected chi connectivity index (χ2v) is 22.3. The van der Waals surface area contributed by atoms with Crippen LogP contribution in [0.25, 0.3) is 60.0 Å². The third kappa shape index (κ3) is 5.31. The molecule has 11 rings (SSSR count). The van der Waals surface area contributed by atoms with Crippen LogP contribution < -0.4 is 32.1 Å². The molecule has 0 aliphatic heterocycles. The van der Waals surface area contributed by atoms with Crippen LogP contribution in [0.4, 0.5) is 0 Å². The van der Waals surface area contributed by atoms with E-state index in [1.165, 1.54) is 42.8 Å². The Labute approximate surface area is 332 Å². The van der Waals surface area contributed by atoms with Crippen molar-refractivity contribution < 1.29 is 0 Å². The molecule has 1 atom stereocenters. The molecule has 0 radical (unpaired) electrons. The summed E-state index contributed by atoms with van der Waals surface area (Å²) in [5.41, 5.74) is 3.72. The average Bonchev–Trinajstić information content (AvgIpc) is 3.66. The Bertz CT molecular complexity index is 3240. The molecule has 0 aliphatic carbocycles. The zero-order valence-corrected chi connectivity index (χ0v) is 33.6. The number of hydrogen-bond donors (Lipinski definition) is 0. The first-order chi connectivity index (χ1) is 27.6. The van der Waals surface area contributed by atoms with Gasteiger partial charge < -0.3 is 0 Å². The summed E-state index contributed by atoms with van der Waals surface area (Å²) >= 11 is 3.82. The fourth-order valence-electron chi connectivity index (χ4n) is 8.25. The molecular formula is C49H32N4P2Se. The van der Waals surface area contributed by atoms with Crippen molar-refractivity contribution in [3.63, 3.8) is 0 Å². The van der Waals surface area contributed by atoms with Crippen molar-refractivity contribution in [3.8, 4) is 0 Å². The number of pyridine rings is 1. The van der Waals surface area contributed by atoms with Crippen molar-refractivity contribution in [2.75, 3.05) is 0 Å². The second-order valence-electron chi connectivity index (χ2n) is 14.0. The molecule has 0 saturated carbocycles. The standard InChI is InChI=1S/C49H32N4P2Se/c56-55(38-17-3-1-4-18-38,39-19-5-2-6-20-39)46-25-13-22-41-47(46)40-21-10-12-24-44(40)53-45-29-28-37(31-43(45)51-48(41)53)54(36-27-26-33-14-7-8-15-34(33)30-36)49-50-32-35-16-9-11-23-42(35)52-49/h1-32H. The molecule has 1 unspecified atom stereocenters. The van der Waals surface area contributed by atoms with Gasteiger partial charge in [0.25, 0.3) is 0 Å². The second kappa shape index (κ2) is 13.5. The first-order valence-electron chi connectivity index (χ1n) is 18.6. The van der Waals surface area contributed by atoms with E-state index in [2.05, 4.69) is 195 Å². The van der Waals surface area contributed by atoms with Crippen molar-refractivity contribution in [1.29, 1.82) is 0 Å². The molecule has 0 amide bonds. The summed E-state index contributed by atoms with van der Waals surface area (Å²) in [5.74, 6) is 0. The van der Waals surface area contributed by atoms with Crippen molar-refractivity contribution in [2.45, 2.75) is 0 Å². The summed E-state index contributed by atoms with van der Waals surface area (Å²) in [5, 5.41) is 13.3. The zero-order valence-electron chi connectivity index (χ0n) is 30.1. The van der Waals surface area contributed by atoms with Gasteiger partial charge in [0.1, 0.15) is 0 Å². The molecule has 8 aromatic carbocycles. The normalized spacial score (nSPS) is 12.6. The molecule has 56 heavy (non-hydrogen) atoms. The number of hydrogen-bond acceptors (Lipinski definition) is 3. The number of benzene rings is 8. The molecule has 4 nitrogen and oxygen atoms in total. The van der Waals surface area contributed by atoms with E-state index in [0.717, 1.165) is 49.4 Å². The Morgan fingerprint density at radius 1 is 0.482 bits per heavy atom. The van der Waals surface area contributed by atoms with Gasteiger partial charge in [-0.1, -0.05) is 48.5 Å². The van der Waals surface area contributed by atoms with Gasteiger partial charge in [-0.2, -0.15) is 0 Å². The predicted molar refractivity (Wildman–Crippen MR) is 241 cm³/mol. The van der Waals surface area contributed by atoms with Crippen molar-refractivity contribution in [2.24, 2.45) is 0 Å². The van der Waals surface area contributed by atoms with Gasteiger partial charge in [-0.3, -0.25) is 0 Å². The van der Waals surface area contributed by atoms with Crippen LogP contribution in [0.3, 0.4) is 0 Å². The molecule has 3 heterocycles.